The second-order valence-corrected chi connectivity index (χ2v) is 7.51. The Morgan fingerprint density at radius 1 is 1.18 bits per heavy atom. The predicted molar refractivity (Wildman–Crippen MR) is 127 cm³/mol. The first-order valence-corrected chi connectivity index (χ1v) is 10.2. The molecule has 0 aliphatic heterocycles. The van der Waals surface area contributed by atoms with Gasteiger partial charge in [0.15, 0.2) is 5.96 Å². The van der Waals surface area contributed by atoms with Gasteiger partial charge in [0.2, 0.25) is 5.89 Å². The monoisotopic (exact) mass is 510 g/mol. The number of oxazole rings is 1. The van der Waals surface area contributed by atoms with Gasteiger partial charge in [-0.25, -0.2) is 9.98 Å². The highest BCUT2D eigenvalue weighted by Crippen LogP contribution is 2.18. The van der Waals surface area contributed by atoms with Crippen LogP contribution in [-0.2, 0) is 13.0 Å². The van der Waals surface area contributed by atoms with Gasteiger partial charge in [-0.05, 0) is 42.8 Å². The predicted octanol–water partition coefficient (Wildman–Crippen LogP) is 4.96. The van der Waals surface area contributed by atoms with Gasteiger partial charge in [0.05, 0.1) is 6.54 Å². The SMILES string of the molecule is CCNC(=NCc1coc(-c2ccccc2)n1)NCC(C)Cc1cccs1.I. The molecule has 0 spiro atoms. The summed E-state index contributed by atoms with van der Waals surface area (Å²) in [4.78, 5) is 10.6. The number of rotatable bonds is 8. The molecule has 0 amide bonds. The molecule has 1 unspecified atom stereocenters. The van der Waals surface area contributed by atoms with Crippen molar-refractivity contribution >= 4 is 41.3 Å². The maximum absolute atomic E-state index is 5.58. The molecule has 0 saturated heterocycles. The Labute approximate surface area is 187 Å². The van der Waals surface area contributed by atoms with E-state index in [4.69, 9.17) is 4.42 Å². The Morgan fingerprint density at radius 3 is 2.71 bits per heavy atom. The van der Waals surface area contributed by atoms with Crippen LogP contribution in [0.3, 0.4) is 0 Å². The molecular weight excluding hydrogens is 483 g/mol. The van der Waals surface area contributed by atoms with Crippen molar-refractivity contribution in [2.75, 3.05) is 13.1 Å². The lowest BCUT2D eigenvalue weighted by atomic mass is 10.1. The molecule has 0 aliphatic carbocycles. The molecule has 3 rings (SSSR count). The number of thiophene rings is 1. The summed E-state index contributed by atoms with van der Waals surface area (Å²) in [7, 11) is 0. The van der Waals surface area contributed by atoms with Crippen LogP contribution in [0.1, 0.15) is 24.4 Å². The van der Waals surface area contributed by atoms with Crippen LogP contribution >= 0.6 is 35.3 Å². The Hall–Kier alpha value is -1.87. The van der Waals surface area contributed by atoms with Crippen LogP contribution < -0.4 is 10.6 Å². The second-order valence-electron chi connectivity index (χ2n) is 6.47. The number of nitrogens with zero attached hydrogens (tertiary/aromatic N) is 2. The quantitative estimate of drug-likeness (QED) is 0.256. The van der Waals surface area contributed by atoms with Crippen LogP contribution in [-0.4, -0.2) is 24.0 Å². The van der Waals surface area contributed by atoms with E-state index in [1.165, 1.54) is 4.88 Å². The van der Waals surface area contributed by atoms with E-state index in [9.17, 15) is 0 Å². The highest BCUT2D eigenvalue weighted by molar-refractivity contribution is 14.0. The van der Waals surface area contributed by atoms with Gasteiger partial charge in [-0.1, -0.05) is 31.2 Å². The first-order chi connectivity index (χ1) is 13.2. The minimum atomic E-state index is 0. The number of guanidine groups is 1. The van der Waals surface area contributed by atoms with E-state index in [2.05, 4.69) is 52.0 Å². The van der Waals surface area contributed by atoms with Crippen LogP contribution in [0.15, 0.2) is 63.5 Å². The van der Waals surface area contributed by atoms with Gasteiger partial charge in [0, 0.05) is 23.5 Å². The molecule has 0 radical (unpaired) electrons. The highest BCUT2D eigenvalue weighted by Gasteiger charge is 2.08. The number of nitrogens with one attached hydrogen (secondary N) is 2. The van der Waals surface area contributed by atoms with Gasteiger partial charge in [0.1, 0.15) is 12.0 Å². The van der Waals surface area contributed by atoms with Crippen molar-refractivity contribution in [2.24, 2.45) is 10.9 Å². The Kier molecular flexibility index (Phi) is 9.49. The standard InChI is InChI=1S/C21H26N4OS.HI/c1-3-22-21(23-13-16(2)12-19-10-7-11-27-19)24-14-18-15-26-20(25-18)17-8-5-4-6-9-17;/h4-11,15-16H,3,12-14H2,1-2H3,(H2,22,23,24);1H. The van der Waals surface area contributed by atoms with Crippen LogP contribution in [0.2, 0.25) is 0 Å². The van der Waals surface area contributed by atoms with Gasteiger partial charge < -0.3 is 15.1 Å². The normalized spacial score (nSPS) is 12.3. The van der Waals surface area contributed by atoms with Crippen molar-refractivity contribution in [3.05, 3.63) is 64.7 Å². The Balaban J connectivity index is 0.00000280. The first-order valence-electron chi connectivity index (χ1n) is 9.29. The Morgan fingerprint density at radius 2 is 2.00 bits per heavy atom. The number of aliphatic imine (C=N–C) groups is 1. The average molecular weight is 510 g/mol. The van der Waals surface area contributed by atoms with Crippen molar-refractivity contribution in [1.29, 1.82) is 0 Å². The largest absolute Gasteiger partial charge is 0.444 e. The van der Waals surface area contributed by atoms with Crippen molar-refractivity contribution in [3.63, 3.8) is 0 Å². The third kappa shape index (κ3) is 6.94. The third-order valence-electron chi connectivity index (χ3n) is 4.06. The molecule has 0 bridgehead atoms. The summed E-state index contributed by atoms with van der Waals surface area (Å²) in [6, 6.07) is 14.2. The fourth-order valence-electron chi connectivity index (χ4n) is 2.71. The zero-order chi connectivity index (χ0) is 18.9. The summed E-state index contributed by atoms with van der Waals surface area (Å²) in [6.07, 6.45) is 2.75. The molecule has 0 aliphatic rings. The van der Waals surface area contributed by atoms with Gasteiger partial charge in [0.25, 0.3) is 0 Å². The summed E-state index contributed by atoms with van der Waals surface area (Å²) in [5.41, 5.74) is 1.79. The van der Waals surface area contributed by atoms with E-state index in [1.54, 1.807) is 6.26 Å². The first kappa shape index (κ1) is 22.4. The van der Waals surface area contributed by atoms with Crippen molar-refractivity contribution in [2.45, 2.75) is 26.8 Å². The molecule has 1 atom stereocenters. The zero-order valence-corrected chi connectivity index (χ0v) is 19.4. The summed E-state index contributed by atoms with van der Waals surface area (Å²) in [5.74, 6) is 1.97. The van der Waals surface area contributed by atoms with Crippen LogP contribution in [0.5, 0.6) is 0 Å². The van der Waals surface area contributed by atoms with Crippen molar-refractivity contribution < 1.29 is 4.42 Å². The van der Waals surface area contributed by atoms with E-state index in [-0.39, 0.29) is 24.0 Å². The number of hydrogen-bond donors (Lipinski definition) is 2. The third-order valence-corrected chi connectivity index (χ3v) is 4.96. The molecule has 28 heavy (non-hydrogen) atoms. The molecule has 5 nitrogen and oxygen atoms in total. The maximum Gasteiger partial charge on any atom is 0.226 e. The lowest BCUT2D eigenvalue weighted by Crippen LogP contribution is -2.39. The summed E-state index contributed by atoms with van der Waals surface area (Å²) >= 11 is 1.81. The molecule has 1 aromatic carbocycles. The van der Waals surface area contributed by atoms with Crippen LogP contribution in [0.25, 0.3) is 11.5 Å². The molecule has 0 fully saturated rings. The smallest absolute Gasteiger partial charge is 0.226 e. The minimum absolute atomic E-state index is 0. The van der Waals surface area contributed by atoms with E-state index in [0.717, 1.165) is 36.7 Å². The molecule has 7 heteroatoms. The van der Waals surface area contributed by atoms with E-state index in [0.29, 0.717) is 18.4 Å². The molecular formula is C21H27IN4OS. The minimum Gasteiger partial charge on any atom is -0.444 e. The molecule has 150 valence electrons. The van der Waals surface area contributed by atoms with Gasteiger partial charge in [-0.15, -0.1) is 35.3 Å². The molecule has 0 saturated carbocycles. The zero-order valence-electron chi connectivity index (χ0n) is 16.2. The Bertz CT molecular complexity index is 833. The van der Waals surface area contributed by atoms with Crippen LogP contribution in [0.4, 0.5) is 0 Å². The highest BCUT2D eigenvalue weighted by atomic mass is 127. The van der Waals surface area contributed by atoms with E-state index >= 15 is 0 Å². The number of benzene rings is 1. The number of hydrogen-bond acceptors (Lipinski definition) is 4. The van der Waals surface area contributed by atoms with Crippen LogP contribution in [0, 0.1) is 5.92 Å². The fourth-order valence-corrected chi connectivity index (χ4v) is 3.58. The summed E-state index contributed by atoms with van der Waals surface area (Å²) in [6.45, 7) is 6.48. The topological polar surface area (TPSA) is 62.5 Å². The van der Waals surface area contributed by atoms with Gasteiger partial charge in [-0.2, -0.15) is 0 Å². The molecule has 2 N–H and O–H groups in total. The van der Waals surface area contributed by atoms with Gasteiger partial charge >= 0.3 is 0 Å². The molecule has 3 aromatic rings. The van der Waals surface area contributed by atoms with Gasteiger partial charge in [-0.3, -0.25) is 0 Å². The van der Waals surface area contributed by atoms with E-state index < -0.39 is 0 Å². The summed E-state index contributed by atoms with van der Waals surface area (Å²) in [5, 5.41) is 8.84. The lowest BCUT2D eigenvalue weighted by molar-refractivity contribution is 0.561. The van der Waals surface area contributed by atoms with Crippen molar-refractivity contribution in [1.82, 2.24) is 15.6 Å². The lowest BCUT2D eigenvalue weighted by Gasteiger charge is -2.15. The molecule has 2 heterocycles. The summed E-state index contributed by atoms with van der Waals surface area (Å²) < 4.78 is 5.58. The fraction of sp³-hybridized carbons (Fsp3) is 0.333. The average Bonchev–Trinajstić information content (AvgIpc) is 3.37. The second kappa shape index (κ2) is 11.9. The molecule has 2 aromatic heterocycles. The van der Waals surface area contributed by atoms with Crippen molar-refractivity contribution in [3.8, 4) is 11.5 Å². The number of aromatic nitrogens is 1. The maximum atomic E-state index is 5.58. The van der Waals surface area contributed by atoms with E-state index in [1.807, 2.05) is 41.7 Å². The number of halogens is 1.